The third-order valence-electron chi connectivity index (χ3n) is 5.32. The van der Waals surface area contributed by atoms with Gasteiger partial charge in [-0.15, -0.1) is 13.2 Å². The number of carbonyl (C=O) groups excluding carboxylic acids is 1. The van der Waals surface area contributed by atoms with E-state index in [-0.39, 0.29) is 11.7 Å². The maximum Gasteiger partial charge on any atom is 0.573 e. The first-order valence-corrected chi connectivity index (χ1v) is 10.5. The molecule has 2 heterocycles. The van der Waals surface area contributed by atoms with Crippen LogP contribution in [0, 0.1) is 0 Å². The van der Waals surface area contributed by atoms with Crippen LogP contribution in [0.25, 0.3) is 0 Å². The Kier molecular flexibility index (Phi) is 6.87. The first-order chi connectivity index (χ1) is 16.3. The molecule has 3 aromatic rings. The van der Waals surface area contributed by atoms with Crippen molar-refractivity contribution in [2.45, 2.75) is 12.9 Å². The molecule has 1 aromatic heterocycles. The van der Waals surface area contributed by atoms with E-state index < -0.39 is 6.36 Å². The maximum absolute atomic E-state index is 12.5. The van der Waals surface area contributed by atoms with Crippen LogP contribution in [0.2, 0.25) is 0 Å². The Balaban J connectivity index is 1.33. The standard InChI is InChI=1S/C24H23F3N4O3/c1-33-20-6-2-18(3-7-20)23(32)29-22-14-17(10-11-28-22)15-30-12-13-31(16-30)19-4-8-21(9-5-19)34-24(25,26)27/h2-11,14H,12-13,15-16H2,1H3,(H,28,29,32). The van der Waals surface area contributed by atoms with Crippen LogP contribution in [-0.2, 0) is 6.54 Å². The molecule has 0 spiro atoms. The number of hydrogen-bond donors (Lipinski definition) is 1. The van der Waals surface area contributed by atoms with E-state index in [0.717, 1.165) is 24.3 Å². The van der Waals surface area contributed by atoms with Gasteiger partial charge in [-0.25, -0.2) is 4.98 Å². The lowest BCUT2D eigenvalue weighted by molar-refractivity contribution is -0.274. The zero-order valence-electron chi connectivity index (χ0n) is 18.4. The van der Waals surface area contributed by atoms with Crippen molar-refractivity contribution >= 4 is 17.4 Å². The van der Waals surface area contributed by atoms with E-state index in [1.807, 2.05) is 12.1 Å². The van der Waals surface area contributed by atoms with Crippen LogP contribution < -0.4 is 19.7 Å². The SMILES string of the molecule is COc1ccc(C(=O)Nc2cc(CN3CCN(c4ccc(OC(F)(F)F)cc4)C3)ccn2)cc1. The fourth-order valence-corrected chi connectivity index (χ4v) is 3.67. The number of nitrogens with zero attached hydrogens (tertiary/aromatic N) is 3. The molecule has 0 aliphatic carbocycles. The lowest BCUT2D eigenvalue weighted by atomic mass is 10.2. The van der Waals surface area contributed by atoms with Crippen LogP contribution in [-0.4, -0.2) is 49.0 Å². The molecule has 178 valence electrons. The van der Waals surface area contributed by atoms with Gasteiger partial charge in [0.25, 0.3) is 5.91 Å². The summed E-state index contributed by atoms with van der Waals surface area (Å²) in [6.07, 6.45) is -3.06. The van der Waals surface area contributed by atoms with E-state index in [0.29, 0.717) is 30.3 Å². The number of nitrogens with one attached hydrogen (secondary N) is 1. The highest BCUT2D eigenvalue weighted by molar-refractivity contribution is 6.03. The average molecular weight is 472 g/mol. The number of rotatable bonds is 7. The molecule has 1 amide bonds. The molecule has 0 radical (unpaired) electrons. The lowest BCUT2D eigenvalue weighted by Crippen LogP contribution is -2.25. The number of hydrogen-bond acceptors (Lipinski definition) is 6. The van der Waals surface area contributed by atoms with E-state index >= 15 is 0 Å². The Bertz CT molecular complexity index is 1120. The highest BCUT2D eigenvalue weighted by atomic mass is 19.4. The summed E-state index contributed by atoms with van der Waals surface area (Å²) in [4.78, 5) is 21.0. The highest BCUT2D eigenvalue weighted by Gasteiger charge is 2.31. The summed E-state index contributed by atoms with van der Waals surface area (Å²) in [5.74, 6) is 0.613. The quantitative estimate of drug-likeness (QED) is 0.546. The summed E-state index contributed by atoms with van der Waals surface area (Å²) in [5, 5.41) is 2.81. The van der Waals surface area contributed by atoms with E-state index in [2.05, 4.69) is 24.8 Å². The highest BCUT2D eigenvalue weighted by Crippen LogP contribution is 2.27. The van der Waals surface area contributed by atoms with E-state index in [9.17, 15) is 18.0 Å². The lowest BCUT2D eigenvalue weighted by Gasteiger charge is -2.20. The molecule has 10 heteroatoms. The second-order valence-electron chi connectivity index (χ2n) is 7.73. The molecular weight excluding hydrogens is 449 g/mol. The zero-order chi connectivity index (χ0) is 24.1. The summed E-state index contributed by atoms with van der Waals surface area (Å²) in [7, 11) is 1.56. The minimum Gasteiger partial charge on any atom is -0.497 e. The van der Waals surface area contributed by atoms with Crippen LogP contribution in [0.5, 0.6) is 11.5 Å². The number of aromatic nitrogens is 1. The summed E-state index contributed by atoms with van der Waals surface area (Å²) in [6.45, 7) is 2.79. The zero-order valence-corrected chi connectivity index (χ0v) is 18.4. The topological polar surface area (TPSA) is 66.9 Å². The van der Waals surface area contributed by atoms with Gasteiger partial charge in [0.05, 0.1) is 13.8 Å². The van der Waals surface area contributed by atoms with Crippen molar-refractivity contribution in [2.24, 2.45) is 0 Å². The number of ether oxygens (including phenoxy) is 2. The molecule has 7 nitrogen and oxygen atoms in total. The minimum absolute atomic E-state index is 0.242. The Morgan fingerprint density at radius 2 is 1.74 bits per heavy atom. The van der Waals surface area contributed by atoms with Crippen LogP contribution in [0.3, 0.4) is 0 Å². The molecule has 0 unspecified atom stereocenters. The summed E-state index contributed by atoms with van der Waals surface area (Å²) in [5.41, 5.74) is 2.30. The van der Waals surface area contributed by atoms with Crippen molar-refractivity contribution < 1.29 is 27.4 Å². The predicted molar refractivity (Wildman–Crippen MR) is 121 cm³/mol. The Hall–Kier alpha value is -3.79. The van der Waals surface area contributed by atoms with Gasteiger partial charge >= 0.3 is 6.36 Å². The molecule has 4 rings (SSSR count). The monoisotopic (exact) mass is 472 g/mol. The van der Waals surface area contributed by atoms with Crippen molar-refractivity contribution in [3.05, 3.63) is 78.0 Å². The summed E-state index contributed by atoms with van der Waals surface area (Å²) >= 11 is 0. The fraction of sp³-hybridized carbons (Fsp3) is 0.250. The molecule has 1 aliphatic rings. The third kappa shape index (κ3) is 6.16. The Morgan fingerprint density at radius 1 is 1.03 bits per heavy atom. The molecule has 2 aromatic carbocycles. The van der Waals surface area contributed by atoms with E-state index in [1.165, 1.54) is 12.1 Å². The molecule has 1 N–H and O–H groups in total. The average Bonchev–Trinajstić information content (AvgIpc) is 3.27. The van der Waals surface area contributed by atoms with Crippen LogP contribution >= 0.6 is 0 Å². The predicted octanol–water partition coefficient (Wildman–Crippen LogP) is 4.52. The largest absolute Gasteiger partial charge is 0.573 e. The van der Waals surface area contributed by atoms with Gasteiger partial charge in [-0.1, -0.05) is 0 Å². The molecule has 0 atom stereocenters. The van der Waals surface area contributed by atoms with Gasteiger partial charge in [-0.2, -0.15) is 0 Å². The van der Waals surface area contributed by atoms with Gasteiger partial charge < -0.3 is 19.7 Å². The normalized spacial score (nSPS) is 14.2. The van der Waals surface area contributed by atoms with Crippen molar-refractivity contribution in [2.75, 3.05) is 37.1 Å². The minimum atomic E-state index is -4.70. The number of alkyl halides is 3. The number of anilines is 2. The third-order valence-corrected chi connectivity index (χ3v) is 5.32. The molecule has 0 saturated carbocycles. The first kappa shape index (κ1) is 23.4. The molecule has 1 fully saturated rings. The van der Waals surface area contributed by atoms with E-state index in [1.54, 1.807) is 49.7 Å². The van der Waals surface area contributed by atoms with Gasteiger partial charge in [0.2, 0.25) is 0 Å². The molecule has 34 heavy (non-hydrogen) atoms. The Morgan fingerprint density at radius 3 is 2.41 bits per heavy atom. The molecular formula is C24H23F3N4O3. The number of halogens is 3. The van der Waals surface area contributed by atoms with Crippen LogP contribution in [0.15, 0.2) is 66.9 Å². The number of carbonyl (C=O) groups is 1. The van der Waals surface area contributed by atoms with Gasteiger partial charge in [-0.05, 0) is 66.2 Å². The maximum atomic E-state index is 12.5. The number of methoxy groups -OCH3 is 1. The number of pyridine rings is 1. The number of benzene rings is 2. The van der Waals surface area contributed by atoms with Crippen molar-refractivity contribution in [3.8, 4) is 11.5 Å². The molecule has 1 saturated heterocycles. The summed E-state index contributed by atoms with van der Waals surface area (Å²) < 4.78 is 46.1. The van der Waals surface area contributed by atoms with E-state index in [4.69, 9.17) is 4.74 Å². The van der Waals surface area contributed by atoms with Crippen molar-refractivity contribution in [3.63, 3.8) is 0 Å². The first-order valence-electron chi connectivity index (χ1n) is 10.5. The smallest absolute Gasteiger partial charge is 0.497 e. The van der Waals surface area contributed by atoms with Gasteiger partial charge in [0, 0.05) is 37.1 Å². The second-order valence-corrected chi connectivity index (χ2v) is 7.73. The van der Waals surface area contributed by atoms with Crippen LogP contribution in [0.1, 0.15) is 15.9 Å². The van der Waals surface area contributed by atoms with Crippen molar-refractivity contribution in [1.82, 2.24) is 9.88 Å². The fourth-order valence-electron chi connectivity index (χ4n) is 3.67. The second kappa shape index (κ2) is 10.0. The van der Waals surface area contributed by atoms with Gasteiger partial charge in [0.1, 0.15) is 17.3 Å². The molecule has 1 aliphatic heterocycles. The van der Waals surface area contributed by atoms with Crippen LogP contribution in [0.4, 0.5) is 24.7 Å². The van der Waals surface area contributed by atoms with Gasteiger partial charge in [0.15, 0.2) is 0 Å². The molecule has 0 bridgehead atoms. The number of amides is 1. The summed E-state index contributed by atoms with van der Waals surface area (Å²) in [6, 6.07) is 16.4. The van der Waals surface area contributed by atoms with Gasteiger partial charge in [-0.3, -0.25) is 9.69 Å². The Labute approximate surface area is 194 Å². The van der Waals surface area contributed by atoms with Crippen molar-refractivity contribution in [1.29, 1.82) is 0 Å².